The molecule has 0 unspecified atom stereocenters. The monoisotopic (exact) mass is 432 g/mol. The average Bonchev–Trinajstić information content (AvgIpc) is 2.73. The molecule has 32 heavy (non-hydrogen) atoms. The molecule has 3 aromatic carbocycles. The Hall–Kier alpha value is -3.93. The van der Waals surface area contributed by atoms with Gasteiger partial charge in [0.2, 0.25) is 0 Å². The molecule has 0 heterocycles. The number of carbonyl (C=O) groups excluding carboxylic acids is 3. The average molecular weight is 432 g/mol. The second-order valence-corrected chi connectivity index (χ2v) is 8.20. The first kappa shape index (κ1) is 22.7. The highest BCUT2D eigenvalue weighted by Gasteiger charge is 2.18. The van der Waals surface area contributed by atoms with Crippen LogP contribution in [0.25, 0.3) is 0 Å². The molecule has 0 atom stereocenters. The molecule has 0 aliphatic heterocycles. The minimum absolute atomic E-state index is 0.223. The van der Waals surface area contributed by atoms with Gasteiger partial charge in [0.05, 0.1) is 16.7 Å². The fourth-order valence-corrected chi connectivity index (χ4v) is 2.70. The Bertz CT molecular complexity index is 1120. The van der Waals surface area contributed by atoms with E-state index in [1.54, 1.807) is 51.1 Å². The summed E-state index contributed by atoms with van der Waals surface area (Å²) in [5.41, 5.74) is 1.45. The van der Waals surface area contributed by atoms with Gasteiger partial charge in [0, 0.05) is 6.07 Å². The molecular weight excluding hydrogens is 408 g/mol. The molecule has 0 N–H and O–H groups in total. The zero-order chi connectivity index (χ0) is 23.3. The Labute approximate surface area is 186 Å². The van der Waals surface area contributed by atoms with E-state index >= 15 is 0 Å². The lowest BCUT2D eigenvalue weighted by atomic mass is 10.1. The van der Waals surface area contributed by atoms with E-state index in [9.17, 15) is 14.4 Å². The van der Waals surface area contributed by atoms with Crippen LogP contribution in [0.3, 0.4) is 0 Å². The molecule has 0 bridgehead atoms. The number of ether oxygens (including phenoxy) is 3. The zero-order valence-electron chi connectivity index (χ0n) is 18.4. The maximum absolute atomic E-state index is 12.5. The molecule has 0 saturated carbocycles. The maximum Gasteiger partial charge on any atom is 0.343 e. The molecule has 0 aliphatic carbocycles. The van der Waals surface area contributed by atoms with Crippen LogP contribution in [0.4, 0.5) is 0 Å². The predicted molar refractivity (Wildman–Crippen MR) is 119 cm³/mol. The third kappa shape index (κ3) is 6.28. The molecule has 3 rings (SSSR count). The van der Waals surface area contributed by atoms with E-state index in [0.717, 1.165) is 5.56 Å². The van der Waals surface area contributed by atoms with E-state index in [2.05, 4.69) is 0 Å². The Morgan fingerprint density at radius 2 is 1.03 bits per heavy atom. The normalized spacial score (nSPS) is 10.9. The molecule has 0 fully saturated rings. The van der Waals surface area contributed by atoms with Crippen LogP contribution in [0.1, 0.15) is 57.4 Å². The Balaban J connectivity index is 1.64. The van der Waals surface area contributed by atoms with Gasteiger partial charge in [-0.05, 0) is 76.2 Å². The number of hydrogen-bond donors (Lipinski definition) is 0. The lowest BCUT2D eigenvalue weighted by Crippen LogP contribution is -2.23. The fraction of sp³-hybridized carbons (Fsp3) is 0.192. The van der Waals surface area contributed by atoms with Gasteiger partial charge in [-0.15, -0.1) is 0 Å². The molecule has 0 amide bonds. The van der Waals surface area contributed by atoms with Crippen LogP contribution in [0.5, 0.6) is 11.5 Å². The summed E-state index contributed by atoms with van der Waals surface area (Å²) < 4.78 is 16.1. The van der Waals surface area contributed by atoms with Crippen molar-refractivity contribution in [2.45, 2.75) is 33.3 Å². The van der Waals surface area contributed by atoms with Crippen LogP contribution < -0.4 is 9.47 Å². The highest BCUT2D eigenvalue weighted by molar-refractivity contribution is 5.94. The highest BCUT2D eigenvalue weighted by Crippen LogP contribution is 2.22. The molecule has 0 spiro atoms. The minimum atomic E-state index is -0.609. The third-order valence-electron chi connectivity index (χ3n) is 4.27. The first-order valence-corrected chi connectivity index (χ1v) is 10.1. The Morgan fingerprint density at radius 3 is 1.47 bits per heavy atom. The van der Waals surface area contributed by atoms with Gasteiger partial charge < -0.3 is 14.2 Å². The quantitative estimate of drug-likeness (QED) is 0.397. The first-order chi connectivity index (χ1) is 15.1. The van der Waals surface area contributed by atoms with Crippen molar-refractivity contribution in [1.29, 1.82) is 0 Å². The van der Waals surface area contributed by atoms with E-state index in [1.165, 1.54) is 30.3 Å². The van der Waals surface area contributed by atoms with E-state index in [-0.39, 0.29) is 17.1 Å². The van der Waals surface area contributed by atoms with Crippen LogP contribution >= 0.6 is 0 Å². The molecular formula is C26H24O6. The maximum atomic E-state index is 12.5. The molecule has 0 aliphatic rings. The molecule has 3 aromatic rings. The number of esters is 3. The van der Waals surface area contributed by atoms with Crippen molar-refractivity contribution in [3.63, 3.8) is 0 Å². The number of benzene rings is 3. The smallest absolute Gasteiger partial charge is 0.343 e. The van der Waals surface area contributed by atoms with E-state index < -0.39 is 23.5 Å². The second-order valence-electron chi connectivity index (χ2n) is 8.20. The molecule has 0 saturated heterocycles. The van der Waals surface area contributed by atoms with Crippen LogP contribution in [0.2, 0.25) is 0 Å². The summed E-state index contributed by atoms with van der Waals surface area (Å²) in [5, 5.41) is 0. The van der Waals surface area contributed by atoms with Gasteiger partial charge in [0.15, 0.2) is 0 Å². The topological polar surface area (TPSA) is 78.9 Å². The summed E-state index contributed by atoms with van der Waals surface area (Å²) in [7, 11) is 0. The van der Waals surface area contributed by atoms with Crippen molar-refractivity contribution < 1.29 is 28.6 Å². The van der Waals surface area contributed by atoms with Gasteiger partial charge >= 0.3 is 17.9 Å². The predicted octanol–water partition coefficient (Wildman–Crippen LogP) is 5.39. The SMILES string of the molecule is Cc1ccc(C(=O)Oc2cccc(OC(=O)c3ccc(C(=O)OC(C)(C)C)cc3)c2)cc1. The molecule has 0 aromatic heterocycles. The summed E-state index contributed by atoms with van der Waals surface area (Å²) in [6, 6.07) is 19.2. The van der Waals surface area contributed by atoms with Gasteiger partial charge in [0.1, 0.15) is 17.1 Å². The largest absolute Gasteiger partial charge is 0.456 e. The minimum Gasteiger partial charge on any atom is -0.456 e. The van der Waals surface area contributed by atoms with Gasteiger partial charge in [-0.1, -0.05) is 23.8 Å². The summed E-state index contributed by atoms with van der Waals surface area (Å²) in [6.07, 6.45) is 0. The van der Waals surface area contributed by atoms with Crippen LogP contribution in [0.15, 0.2) is 72.8 Å². The standard InChI is InChI=1S/C26H24O6/c1-17-8-10-18(11-9-17)23(27)30-21-6-5-7-22(16-21)31-24(28)19-12-14-20(15-13-19)25(29)32-26(2,3)4/h5-16H,1-4H3. The molecule has 6 nitrogen and oxygen atoms in total. The van der Waals surface area contributed by atoms with E-state index in [1.807, 2.05) is 19.1 Å². The van der Waals surface area contributed by atoms with Gasteiger partial charge in [-0.2, -0.15) is 0 Å². The number of aryl methyl sites for hydroxylation is 1. The van der Waals surface area contributed by atoms with Crippen molar-refractivity contribution in [2.24, 2.45) is 0 Å². The third-order valence-corrected chi connectivity index (χ3v) is 4.27. The van der Waals surface area contributed by atoms with Gasteiger partial charge in [0.25, 0.3) is 0 Å². The summed E-state index contributed by atoms with van der Waals surface area (Å²) in [5.74, 6) is -1.11. The lowest BCUT2D eigenvalue weighted by molar-refractivity contribution is 0.00690. The summed E-state index contributed by atoms with van der Waals surface area (Å²) >= 11 is 0. The highest BCUT2D eigenvalue weighted by atomic mass is 16.6. The number of hydrogen-bond acceptors (Lipinski definition) is 6. The van der Waals surface area contributed by atoms with Gasteiger partial charge in [-0.25, -0.2) is 14.4 Å². The van der Waals surface area contributed by atoms with Crippen molar-refractivity contribution in [3.8, 4) is 11.5 Å². The number of carbonyl (C=O) groups is 3. The molecule has 164 valence electrons. The van der Waals surface area contributed by atoms with Crippen LogP contribution in [-0.2, 0) is 4.74 Å². The van der Waals surface area contributed by atoms with E-state index in [0.29, 0.717) is 11.1 Å². The Kier molecular flexibility index (Phi) is 6.73. The summed E-state index contributed by atoms with van der Waals surface area (Å²) in [4.78, 5) is 36.8. The summed E-state index contributed by atoms with van der Waals surface area (Å²) in [6.45, 7) is 7.27. The van der Waals surface area contributed by atoms with Crippen molar-refractivity contribution in [3.05, 3.63) is 95.1 Å². The van der Waals surface area contributed by atoms with Crippen LogP contribution in [0, 0.1) is 6.92 Å². The van der Waals surface area contributed by atoms with E-state index in [4.69, 9.17) is 14.2 Å². The fourth-order valence-electron chi connectivity index (χ4n) is 2.70. The van der Waals surface area contributed by atoms with Gasteiger partial charge in [-0.3, -0.25) is 0 Å². The van der Waals surface area contributed by atoms with Crippen molar-refractivity contribution in [1.82, 2.24) is 0 Å². The Morgan fingerprint density at radius 1 is 0.625 bits per heavy atom. The molecule has 0 radical (unpaired) electrons. The molecule has 6 heteroatoms. The number of rotatable bonds is 5. The zero-order valence-corrected chi connectivity index (χ0v) is 18.4. The van der Waals surface area contributed by atoms with Crippen molar-refractivity contribution >= 4 is 17.9 Å². The van der Waals surface area contributed by atoms with Crippen molar-refractivity contribution in [2.75, 3.05) is 0 Å². The van der Waals surface area contributed by atoms with Crippen LogP contribution in [-0.4, -0.2) is 23.5 Å². The first-order valence-electron chi connectivity index (χ1n) is 10.1. The lowest BCUT2D eigenvalue weighted by Gasteiger charge is -2.19. The second kappa shape index (κ2) is 9.47.